The van der Waals surface area contributed by atoms with Crippen molar-refractivity contribution in [2.45, 2.75) is 37.8 Å². The second kappa shape index (κ2) is 7.73. The van der Waals surface area contributed by atoms with E-state index in [1.165, 1.54) is 0 Å². The Kier molecular flexibility index (Phi) is 5.86. The first-order valence-corrected chi connectivity index (χ1v) is 7.72. The molecule has 1 aromatic carbocycles. The third-order valence-corrected chi connectivity index (χ3v) is 3.83. The van der Waals surface area contributed by atoms with Gasteiger partial charge in [0.25, 0.3) is 0 Å². The molecule has 0 spiro atoms. The van der Waals surface area contributed by atoms with Crippen LogP contribution in [0.25, 0.3) is 0 Å². The van der Waals surface area contributed by atoms with Gasteiger partial charge in [-0.25, -0.2) is 4.79 Å². The Balaban J connectivity index is 2.18. The van der Waals surface area contributed by atoms with Crippen molar-refractivity contribution in [2.24, 2.45) is 0 Å². The molecule has 1 heterocycles. The topological polar surface area (TPSA) is 96.5 Å². The summed E-state index contributed by atoms with van der Waals surface area (Å²) < 4.78 is 42.6. The number of methoxy groups -OCH3 is 1. The number of halogens is 3. The normalized spacial score (nSPS) is 21.5. The maximum absolute atomic E-state index is 12.7. The van der Waals surface area contributed by atoms with Gasteiger partial charge >= 0.3 is 12.1 Å². The molecule has 1 aliphatic heterocycles. The van der Waals surface area contributed by atoms with Crippen molar-refractivity contribution in [1.82, 2.24) is 16.0 Å². The van der Waals surface area contributed by atoms with Crippen LogP contribution in [0.4, 0.5) is 13.2 Å². The van der Waals surface area contributed by atoms with E-state index in [0.717, 1.165) is 31.4 Å². The number of amides is 2. The van der Waals surface area contributed by atoms with Gasteiger partial charge in [-0.2, -0.15) is 13.2 Å². The molecule has 26 heavy (non-hydrogen) atoms. The van der Waals surface area contributed by atoms with Crippen LogP contribution in [0.5, 0.6) is 0 Å². The van der Waals surface area contributed by atoms with Gasteiger partial charge in [0.2, 0.25) is 11.8 Å². The molecule has 2 rings (SSSR count). The van der Waals surface area contributed by atoms with Gasteiger partial charge in [-0.1, -0.05) is 12.1 Å². The SMILES string of the molecule is COC(=O)C(NC(=O)C1CC(=O)NC(C)N1)c1ccc(C(F)(F)F)cc1. The van der Waals surface area contributed by atoms with E-state index in [9.17, 15) is 27.6 Å². The summed E-state index contributed by atoms with van der Waals surface area (Å²) in [5.74, 6) is -1.81. The zero-order chi connectivity index (χ0) is 19.5. The molecule has 1 fully saturated rings. The van der Waals surface area contributed by atoms with Crippen LogP contribution in [0.3, 0.4) is 0 Å². The molecule has 0 bridgehead atoms. The molecule has 0 aliphatic carbocycles. The van der Waals surface area contributed by atoms with Crippen molar-refractivity contribution in [2.75, 3.05) is 7.11 Å². The Morgan fingerprint density at radius 2 is 1.88 bits per heavy atom. The number of alkyl halides is 3. The van der Waals surface area contributed by atoms with E-state index >= 15 is 0 Å². The van der Waals surface area contributed by atoms with Gasteiger partial charge in [-0.3, -0.25) is 14.9 Å². The summed E-state index contributed by atoms with van der Waals surface area (Å²) in [6.45, 7) is 1.64. The molecule has 7 nitrogen and oxygen atoms in total. The highest BCUT2D eigenvalue weighted by atomic mass is 19.4. The van der Waals surface area contributed by atoms with Gasteiger partial charge in [0, 0.05) is 0 Å². The summed E-state index contributed by atoms with van der Waals surface area (Å²) in [6.07, 6.45) is -5.08. The molecule has 2 amide bonds. The minimum Gasteiger partial charge on any atom is -0.467 e. The minimum absolute atomic E-state index is 0.128. The predicted octanol–water partition coefficient (Wildman–Crippen LogP) is 0.860. The first-order chi connectivity index (χ1) is 12.1. The highest BCUT2D eigenvalue weighted by molar-refractivity contribution is 5.92. The minimum atomic E-state index is -4.52. The Bertz CT molecular complexity index is 691. The number of nitrogens with one attached hydrogen (secondary N) is 3. The molecule has 10 heteroatoms. The lowest BCUT2D eigenvalue weighted by molar-refractivity contribution is -0.145. The van der Waals surface area contributed by atoms with Crippen LogP contribution in [-0.2, 0) is 25.3 Å². The Morgan fingerprint density at radius 1 is 1.27 bits per heavy atom. The lowest BCUT2D eigenvalue weighted by atomic mass is 10.0. The number of ether oxygens (including phenoxy) is 1. The summed E-state index contributed by atoms with van der Waals surface area (Å²) in [5, 5.41) is 7.84. The third kappa shape index (κ3) is 4.72. The number of rotatable bonds is 4. The van der Waals surface area contributed by atoms with E-state index in [1.807, 2.05) is 0 Å². The van der Waals surface area contributed by atoms with Crippen molar-refractivity contribution < 1.29 is 32.3 Å². The third-order valence-electron chi connectivity index (χ3n) is 3.83. The molecule has 3 N–H and O–H groups in total. The van der Waals surface area contributed by atoms with E-state index in [1.54, 1.807) is 6.92 Å². The van der Waals surface area contributed by atoms with Crippen LogP contribution in [0.1, 0.15) is 30.5 Å². The van der Waals surface area contributed by atoms with Crippen molar-refractivity contribution in [3.05, 3.63) is 35.4 Å². The van der Waals surface area contributed by atoms with Crippen LogP contribution >= 0.6 is 0 Å². The average Bonchev–Trinajstić information content (AvgIpc) is 2.57. The number of benzene rings is 1. The lowest BCUT2D eigenvalue weighted by Crippen LogP contribution is -2.60. The first kappa shape index (κ1) is 19.7. The fourth-order valence-corrected chi connectivity index (χ4v) is 2.56. The zero-order valence-corrected chi connectivity index (χ0v) is 14.0. The van der Waals surface area contributed by atoms with Crippen LogP contribution < -0.4 is 16.0 Å². The summed E-state index contributed by atoms with van der Waals surface area (Å²) in [5.41, 5.74) is -0.748. The summed E-state index contributed by atoms with van der Waals surface area (Å²) >= 11 is 0. The second-order valence-electron chi connectivity index (χ2n) is 5.80. The summed E-state index contributed by atoms with van der Waals surface area (Å²) in [6, 6.07) is 1.64. The maximum Gasteiger partial charge on any atom is 0.416 e. The Labute approximate surface area is 147 Å². The smallest absolute Gasteiger partial charge is 0.416 e. The molecule has 0 radical (unpaired) electrons. The fourth-order valence-electron chi connectivity index (χ4n) is 2.56. The maximum atomic E-state index is 12.7. The number of carbonyl (C=O) groups is 3. The van der Waals surface area contributed by atoms with Crippen LogP contribution in [-0.4, -0.2) is 37.1 Å². The zero-order valence-electron chi connectivity index (χ0n) is 14.0. The van der Waals surface area contributed by atoms with Crippen molar-refractivity contribution in [3.63, 3.8) is 0 Å². The van der Waals surface area contributed by atoms with Crippen LogP contribution in [0.2, 0.25) is 0 Å². The van der Waals surface area contributed by atoms with Gasteiger partial charge in [0.15, 0.2) is 6.04 Å². The lowest BCUT2D eigenvalue weighted by Gasteiger charge is -2.29. The quantitative estimate of drug-likeness (QED) is 0.681. The molecule has 1 aromatic rings. The standard InChI is InChI=1S/C16H18F3N3O4/c1-8-20-11(7-12(23)21-8)14(24)22-13(15(25)26-2)9-3-5-10(6-4-9)16(17,18)19/h3-6,8,11,13,20H,7H2,1-2H3,(H,21,23)(H,22,24). The molecule has 1 saturated heterocycles. The van der Waals surface area contributed by atoms with Gasteiger partial charge in [-0.05, 0) is 24.6 Å². The molecule has 0 saturated carbocycles. The molecule has 1 aliphatic rings. The van der Waals surface area contributed by atoms with E-state index < -0.39 is 41.9 Å². The molecular weight excluding hydrogens is 355 g/mol. The fraction of sp³-hybridized carbons (Fsp3) is 0.438. The molecule has 3 atom stereocenters. The van der Waals surface area contributed by atoms with Gasteiger partial charge in [-0.15, -0.1) is 0 Å². The number of hydrogen-bond donors (Lipinski definition) is 3. The first-order valence-electron chi connectivity index (χ1n) is 7.72. The van der Waals surface area contributed by atoms with E-state index in [4.69, 9.17) is 0 Å². The van der Waals surface area contributed by atoms with Crippen molar-refractivity contribution >= 4 is 17.8 Å². The highest BCUT2D eigenvalue weighted by Gasteiger charge is 2.33. The van der Waals surface area contributed by atoms with Gasteiger partial charge in [0.05, 0.1) is 31.3 Å². The number of esters is 1. The molecule has 3 unspecified atom stereocenters. The van der Waals surface area contributed by atoms with Crippen LogP contribution in [0, 0.1) is 0 Å². The Hall–Kier alpha value is -2.62. The predicted molar refractivity (Wildman–Crippen MR) is 83.5 cm³/mol. The molecular formula is C16H18F3N3O4. The summed E-state index contributed by atoms with van der Waals surface area (Å²) in [7, 11) is 1.10. The van der Waals surface area contributed by atoms with Crippen molar-refractivity contribution in [1.29, 1.82) is 0 Å². The van der Waals surface area contributed by atoms with Crippen molar-refractivity contribution in [3.8, 4) is 0 Å². The van der Waals surface area contributed by atoms with E-state index in [2.05, 4.69) is 20.7 Å². The largest absolute Gasteiger partial charge is 0.467 e. The highest BCUT2D eigenvalue weighted by Crippen LogP contribution is 2.30. The average molecular weight is 373 g/mol. The molecule has 0 aromatic heterocycles. The monoisotopic (exact) mass is 373 g/mol. The number of hydrogen-bond acceptors (Lipinski definition) is 5. The number of carbonyl (C=O) groups excluding carboxylic acids is 3. The Morgan fingerprint density at radius 3 is 2.38 bits per heavy atom. The van der Waals surface area contributed by atoms with E-state index in [-0.39, 0.29) is 17.9 Å². The second-order valence-corrected chi connectivity index (χ2v) is 5.80. The summed E-state index contributed by atoms with van der Waals surface area (Å²) in [4.78, 5) is 35.9. The van der Waals surface area contributed by atoms with Gasteiger partial charge < -0.3 is 15.4 Å². The van der Waals surface area contributed by atoms with E-state index in [0.29, 0.717) is 0 Å². The van der Waals surface area contributed by atoms with Gasteiger partial charge in [0.1, 0.15) is 0 Å². The van der Waals surface area contributed by atoms with Crippen LogP contribution in [0.15, 0.2) is 24.3 Å². The molecule has 142 valence electrons.